The van der Waals surface area contributed by atoms with Gasteiger partial charge in [0.1, 0.15) is 0 Å². The molecule has 4 nitrogen and oxygen atoms in total. The minimum atomic E-state index is -3.76. The zero-order valence-electron chi connectivity index (χ0n) is 15.6. The van der Waals surface area contributed by atoms with Gasteiger partial charge >= 0.3 is 0 Å². The Morgan fingerprint density at radius 3 is 0.958 bits per heavy atom. The molecule has 0 aliphatic rings. The molecule has 0 fully saturated rings. The van der Waals surface area contributed by atoms with Crippen LogP contribution in [-0.4, -0.2) is 30.4 Å². The first-order valence-electron chi connectivity index (χ1n) is 10.1. The van der Waals surface area contributed by atoms with Gasteiger partial charge in [0.25, 0.3) is 10.1 Å². The fraction of sp³-hybridized carbons (Fsp3) is 1.00. The number of hydrogen-bond acceptors (Lipinski definition) is 3. The molecule has 0 amide bonds. The summed E-state index contributed by atoms with van der Waals surface area (Å²) in [6.07, 6.45) is 20.5. The van der Waals surface area contributed by atoms with Crippen LogP contribution in [0, 0.1) is 0 Å². The molecule has 0 aromatic heterocycles. The van der Waals surface area contributed by atoms with Crippen LogP contribution in [0.3, 0.4) is 0 Å². The van der Waals surface area contributed by atoms with Crippen LogP contribution < -0.4 is 0 Å². The molecule has 0 saturated heterocycles. The van der Waals surface area contributed by atoms with Crippen LogP contribution in [-0.2, 0) is 10.1 Å². The van der Waals surface area contributed by atoms with E-state index in [2.05, 4.69) is 0 Å². The summed E-state index contributed by atoms with van der Waals surface area (Å²) in [4.78, 5) is 0. The SMILES string of the molecule is O=S(=O)(O)CCCCCCCCCCCCCCCCCCCO. The third-order valence-electron chi connectivity index (χ3n) is 4.56. The van der Waals surface area contributed by atoms with Crippen LogP contribution in [0.15, 0.2) is 0 Å². The smallest absolute Gasteiger partial charge is 0.264 e. The Bertz CT molecular complexity index is 341. The van der Waals surface area contributed by atoms with Gasteiger partial charge in [0.15, 0.2) is 0 Å². The maximum Gasteiger partial charge on any atom is 0.264 e. The molecule has 0 heterocycles. The summed E-state index contributed by atoms with van der Waals surface area (Å²) >= 11 is 0. The second-order valence-electron chi connectivity index (χ2n) is 7.02. The van der Waals surface area contributed by atoms with E-state index in [0.717, 1.165) is 19.3 Å². The molecule has 0 unspecified atom stereocenters. The molecule has 0 aromatic rings. The summed E-state index contributed by atoms with van der Waals surface area (Å²) < 4.78 is 29.7. The van der Waals surface area contributed by atoms with Crippen LogP contribution >= 0.6 is 0 Å². The monoisotopic (exact) mass is 364 g/mol. The zero-order valence-corrected chi connectivity index (χ0v) is 16.4. The summed E-state index contributed by atoms with van der Waals surface area (Å²) in [5, 5.41) is 8.69. The Hall–Kier alpha value is -0.130. The van der Waals surface area contributed by atoms with Gasteiger partial charge in [-0.2, -0.15) is 8.42 Å². The Labute approximate surface area is 150 Å². The summed E-state index contributed by atoms with van der Waals surface area (Å²) in [6.45, 7) is 0.341. The minimum absolute atomic E-state index is 0.0876. The van der Waals surface area contributed by atoms with Crippen molar-refractivity contribution in [2.75, 3.05) is 12.4 Å². The number of hydrogen-bond donors (Lipinski definition) is 2. The third kappa shape index (κ3) is 21.9. The van der Waals surface area contributed by atoms with Crippen molar-refractivity contribution in [2.24, 2.45) is 0 Å². The number of aliphatic hydroxyl groups is 1. The first kappa shape index (κ1) is 23.9. The van der Waals surface area contributed by atoms with Crippen LogP contribution in [0.4, 0.5) is 0 Å². The topological polar surface area (TPSA) is 74.6 Å². The summed E-state index contributed by atoms with van der Waals surface area (Å²) in [5.74, 6) is -0.0876. The summed E-state index contributed by atoms with van der Waals surface area (Å²) in [7, 11) is -3.76. The fourth-order valence-electron chi connectivity index (χ4n) is 3.05. The van der Waals surface area contributed by atoms with Crippen molar-refractivity contribution in [3.8, 4) is 0 Å². The molecular formula is C19H40O4S. The molecule has 0 aromatic carbocycles. The van der Waals surface area contributed by atoms with Gasteiger partial charge in [-0.05, 0) is 12.8 Å². The highest BCUT2D eigenvalue weighted by molar-refractivity contribution is 7.85. The van der Waals surface area contributed by atoms with Gasteiger partial charge < -0.3 is 5.11 Å². The standard InChI is InChI=1S/C19H40O4S/c20-18-16-14-12-10-8-6-4-2-1-3-5-7-9-11-13-15-17-19-24(21,22)23/h20H,1-19H2,(H,21,22,23). The predicted octanol–water partition coefficient (Wildman–Crippen LogP) is 5.50. The Morgan fingerprint density at radius 1 is 0.458 bits per heavy atom. The van der Waals surface area contributed by atoms with E-state index in [9.17, 15) is 8.42 Å². The van der Waals surface area contributed by atoms with Gasteiger partial charge in [-0.1, -0.05) is 96.3 Å². The normalized spacial score (nSPS) is 11.9. The minimum Gasteiger partial charge on any atom is -0.396 e. The lowest BCUT2D eigenvalue weighted by Gasteiger charge is -2.03. The van der Waals surface area contributed by atoms with Gasteiger partial charge in [-0.25, -0.2) is 0 Å². The van der Waals surface area contributed by atoms with Crippen molar-refractivity contribution < 1.29 is 18.1 Å². The summed E-state index contributed by atoms with van der Waals surface area (Å²) in [5.41, 5.74) is 0. The summed E-state index contributed by atoms with van der Waals surface area (Å²) in [6, 6.07) is 0. The van der Waals surface area contributed by atoms with Gasteiger partial charge in [-0.3, -0.25) is 4.55 Å². The van der Waals surface area contributed by atoms with Gasteiger partial charge in [-0.15, -0.1) is 0 Å². The van der Waals surface area contributed by atoms with E-state index in [1.54, 1.807) is 0 Å². The van der Waals surface area contributed by atoms with E-state index >= 15 is 0 Å². The van der Waals surface area contributed by atoms with Crippen molar-refractivity contribution in [1.82, 2.24) is 0 Å². The molecule has 5 heteroatoms. The average molecular weight is 365 g/mol. The average Bonchev–Trinajstić information content (AvgIpc) is 2.52. The van der Waals surface area contributed by atoms with Crippen molar-refractivity contribution in [3.63, 3.8) is 0 Å². The third-order valence-corrected chi connectivity index (χ3v) is 5.36. The van der Waals surface area contributed by atoms with Crippen LogP contribution in [0.25, 0.3) is 0 Å². The highest BCUT2D eigenvalue weighted by atomic mass is 32.2. The molecule has 146 valence electrons. The van der Waals surface area contributed by atoms with E-state index in [-0.39, 0.29) is 5.75 Å². The second-order valence-corrected chi connectivity index (χ2v) is 8.59. The largest absolute Gasteiger partial charge is 0.396 e. The van der Waals surface area contributed by atoms with Crippen LogP contribution in [0.1, 0.15) is 109 Å². The molecule has 0 atom stereocenters. The molecule has 0 spiro atoms. The van der Waals surface area contributed by atoms with E-state index in [4.69, 9.17) is 9.66 Å². The second kappa shape index (κ2) is 17.7. The van der Waals surface area contributed by atoms with Crippen molar-refractivity contribution >= 4 is 10.1 Å². The van der Waals surface area contributed by atoms with Gasteiger partial charge in [0, 0.05) is 6.61 Å². The predicted molar refractivity (Wildman–Crippen MR) is 102 cm³/mol. The molecular weight excluding hydrogens is 324 g/mol. The quantitative estimate of drug-likeness (QED) is 0.234. The highest BCUT2D eigenvalue weighted by Gasteiger charge is 2.02. The van der Waals surface area contributed by atoms with Crippen molar-refractivity contribution in [3.05, 3.63) is 0 Å². The highest BCUT2D eigenvalue weighted by Crippen LogP contribution is 2.14. The van der Waals surface area contributed by atoms with E-state index in [1.165, 1.54) is 83.5 Å². The lowest BCUT2D eigenvalue weighted by Crippen LogP contribution is -2.03. The Morgan fingerprint density at radius 2 is 0.708 bits per heavy atom. The van der Waals surface area contributed by atoms with Crippen molar-refractivity contribution in [2.45, 2.75) is 109 Å². The molecule has 0 rings (SSSR count). The Balaban J connectivity index is 3.03. The molecule has 0 aliphatic carbocycles. The first-order valence-corrected chi connectivity index (χ1v) is 11.7. The molecule has 0 saturated carbocycles. The van der Waals surface area contributed by atoms with Crippen LogP contribution in [0.2, 0.25) is 0 Å². The number of aliphatic hydroxyl groups excluding tert-OH is 1. The number of unbranched alkanes of at least 4 members (excludes halogenated alkanes) is 16. The number of rotatable bonds is 19. The molecule has 2 N–H and O–H groups in total. The fourth-order valence-corrected chi connectivity index (χ4v) is 3.62. The Kier molecular flexibility index (Phi) is 17.6. The first-order chi connectivity index (χ1) is 11.6. The maximum absolute atomic E-state index is 10.6. The molecule has 24 heavy (non-hydrogen) atoms. The van der Waals surface area contributed by atoms with Gasteiger partial charge in [0.2, 0.25) is 0 Å². The van der Waals surface area contributed by atoms with E-state index in [0.29, 0.717) is 13.0 Å². The van der Waals surface area contributed by atoms with E-state index in [1.807, 2.05) is 0 Å². The van der Waals surface area contributed by atoms with E-state index < -0.39 is 10.1 Å². The molecule has 0 radical (unpaired) electrons. The van der Waals surface area contributed by atoms with Crippen LogP contribution in [0.5, 0.6) is 0 Å². The zero-order chi connectivity index (χ0) is 17.9. The lowest BCUT2D eigenvalue weighted by atomic mass is 10.0. The molecule has 0 bridgehead atoms. The van der Waals surface area contributed by atoms with Gasteiger partial charge in [0.05, 0.1) is 5.75 Å². The maximum atomic E-state index is 10.6. The molecule has 0 aliphatic heterocycles. The lowest BCUT2D eigenvalue weighted by molar-refractivity contribution is 0.282. The van der Waals surface area contributed by atoms with Crippen molar-refractivity contribution in [1.29, 1.82) is 0 Å².